The number of rotatable bonds is 14. The van der Waals surface area contributed by atoms with Crippen molar-refractivity contribution in [2.45, 2.75) is 77.5 Å². The fourth-order valence-electron chi connectivity index (χ4n) is 5.98. The van der Waals surface area contributed by atoms with Crippen LogP contribution in [0, 0.1) is 12.8 Å². The van der Waals surface area contributed by atoms with Crippen LogP contribution in [0.4, 0.5) is 0 Å². The molecule has 0 spiro atoms. The maximum Gasteiger partial charge on any atom is 0.326 e. The van der Waals surface area contributed by atoms with Gasteiger partial charge in [0.15, 0.2) is 0 Å². The van der Waals surface area contributed by atoms with E-state index >= 15 is 0 Å². The van der Waals surface area contributed by atoms with E-state index in [9.17, 15) is 14.7 Å². The van der Waals surface area contributed by atoms with E-state index in [0.29, 0.717) is 42.3 Å². The Balaban J connectivity index is 0.00000130. The summed E-state index contributed by atoms with van der Waals surface area (Å²) in [6, 6.07) is 13.9. The van der Waals surface area contributed by atoms with Crippen molar-refractivity contribution in [3.8, 4) is 11.1 Å². The second kappa shape index (κ2) is 18.9. The number of thioether (sulfide) groups is 1. The number of carboxylic acid groups (broad SMARTS) is 1. The maximum atomic E-state index is 13.5. The summed E-state index contributed by atoms with van der Waals surface area (Å²) in [5.74, 6) is -0.105. The molecule has 0 saturated carbocycles. The molecule has 8 heteroatoms. The first-order valence-corrected chi connectivity index (χ1v) is 17.4. The number of carbonyl (C=O) groups is 2. The minimum atomic E-state index is -1.01. The van der Waals surface area contributed by atoms with E-state index in [1.807, 2.05) is 56.5 Å². The van der Waals surface area contributed by atoms with Crippen LogP contribution in [0.1, 0.15) is 67.4 Å². The summed E-state index contributed by atoms with van der Waals surface area (Å²) in [5.41, 5.74) is 5.92. The summed E-state index contributed by atoms with van der Waals surface area (Å²) >= 11 is 1.57. The van der Waals surface area contributed by atoms with E-state index in [2.05, 4.69) is 46.2 Å². The molecule has 1 fully saturated rings. The Labute approximate surface area is 274 Å². The predicted molar refractivity (Wildman–Crippen MR) is 186 cm³/mol. The van der Waals surface area contributed by atoms with E-state index in [-0.39, 0.29) is 5.91 Å². The van der Waals surface area contributed by atoms with Gasteiger partial charge in [-0.1, -0.05) is 61.1 Å². The molecule has 1 saturated heterocycles. The Bertz CT molecular complexity index is 1310. The molecule has 246 valence electrons. The number of benzene rings is 2. The summed E-state index contributed by atoms with van der Waals surface area (Å²) in [7, 11) is 3.45. The molecule has 2 aromatic carbocycles. The molecule has 4 rings (SSSR count). The average Bonchev–Trinajstić information content (AvgIpc) is 3.40. The van der Waals surface area contributed by atoms with Crippen LogP contribution in [-0.2, 0) is 20.8 Å². The van der Waals surface area contributed by atoms with E-state index in [0.717, 1.165) is 61.1 Å². The highest BCUT2D eigenvalue weighted by Crippen LogP contribution is 2.34. The molecule has 4 unspecified atom stereocenters. The molecule has 1 aliphatic heterocycles. The Morgan fingerprint density at radius 2 is 1.82 bits per heavy atom. The fraction of sp³-hybridized carbons (Fsp3) is 0.514. The number of ether oxygens (including phenoxy) is 2. The second-order valence-electron chi connectivity index (χ2n) is 12.0. The Morgan fingerprint density at radius 3 is 2.44 bits per heavy atom. The molecular weight excluding hydrogens is 584 g/mol. The van der Waals surface area contributed by atoms with Crippen molar-refractivity contribution in [1.29, 1.82) is 0 Å². The van der Waals surface area contributed by atoms with Crippen LogP contribution in [0.2, 0.25) is 0 Å². The van der Waals surface area contributed by atoms with E-state index < -0.39 is 12.0 Å². The number of aliphatic carboxylic acids is 1. The standard InChI is InChI=1S/C34H44N2O4S.C3H8O/c1-23-9-11-25(12-10-23)19-27-14-15-28(22-40-3)36(27)21-26-13-16-30(31(20-26)29-8-6-5-7-24(29)2)33(37)35-32(34(38)39)17-18-41-4;1-3-4-2/h5-9,11-13,16,20,23,27-28,32H,10,14-15,17-19,21-22H2,1-4H3,(H,35,37)(H,38,39);3H2,1-2H3. The Morgan fingerprint density at radius 1 is 1.09 bits per heavy atom. The van der Waals surface area contributed by atoms with Crippen LogP contribution < -0.4 is 5.32 Å². The monoisotopic (exact) mass is 636 g/mol. The van der Waals surface area contributed by atoms with E-state index in [4.69, 9.17) is 4.74 Å². The Hall–Kier alpha value is -2.91. The second-order valence-corrected chi connectivity index (χ2v) is 13.0. The van der Waals surface area contributed by atoms with Crippen LogP contribution in [0.15, 0.2) is 66.3 Å². The summed E-state index contributed by atoms with van der Waals surface area (Å²) < 4.78 is 10.2. The van der Waals surface area contributed by atoms with Crippen molar-refractivity contribution in [3.05, 3.63) is 83.0 Å². The van der Waals surface area contributed by atoms with Crippen LogP contribution in [0.3, 0.4) is 0 Å². The van der Waals surface area contributed by atoms with Gasteiger partial charge in [-0.05, 0) is 98.3 Å². The number of carbonyl (C=O) groups excluding carboxylic acids is 1. The first-order valence-electron chi connectivity index (χ1n) is 16.0. The molecule has 0 aromatic heterocycles. The zero-order valence-corrected chi connectivity index (χ0v) is 28.7. The average molecular weight is 637 g/mol. The number of amides is 1. The van der Waals surface area contributed by atoms with Crippen LogP contribution in [0.25, 0.3) is 11.1 Å². The topological polar surface area (TPSA) is 88.1 Å². The van der Waals surface area contributed by atoms with Gasteiger partial charge < -0.3 is 19.9 Å². The molecule has 1 heterocycles. The SMILES string of the molecule is CCOC.COCC1CCC(CC2=CCC(C)C=C2)N1Cc1ccc(C(=O)NC(CCSC)C(=O)O)c(-c2ccccc2C)c1. The molecule has 2 aromatic rings. The number of nitrogens with one attached hydrogen (secondary N) is 1. The number of carboxylic acids is 1. The summed E-state index contributed by atoms with van der Waals surface area (Å²) in [6.45, 7) is 8.53. The van der Waals surface area contributed by atoms with Crippen LogP contribution >= 0.6 is 11.8 Å². The predicted octanol–water partition coefficient (Wildman–Crippen LogP) is 7.14. The van der Waals surface area contributed by atoms with Gasteiger partial charge in [-0.25, -0.2) is 4.79 Å². The molecule has 45 heavy (non-hydrogen) atoms. The molecule has 0 bridgehead atoms. The molecule has 2 N–H and O–H groups in total. The van der Waals surface area contributed by atoms with Gasteiger partial charge in [0.25, 0.3) is 5.91 Å². The van der Waals surface area contributed by atoms with Crippen molar-refractivity contribution in [1.82, 2.24) is 10.2 Å². The lowest BCUT2D eigenvalue weighted by Gasteiger charge is -2.31. The molecule has 0 radical (unpaired) electrons. The van der Waals surface area contributed by atoms with Gasteiger partial charge in [0, 0.05) is 45.0 Å². The summed E-state index contributed by atoms with van der Waals surface area (Å²) in [4.78, 5) is 27.9. The number of nitrogens with zero attached hydrogens (tertiary/aromatic N) is 1. The highest BCUT2D eigenvalue weighted by atomic mass is 32.2. The normalized spacial score (nSPS) is 20.2. The number of allylic oxidation sites excluding steroid dienone is 3. The molecule has 1 amide bonds. The fourth-order valence-corrected chi connectivity index (χ4v) is 6.46. The molecule has 4 atom stereocenters. The lowest BCUT2D eigenvalue weighted by Crippen LogP contribution is -2.41. The first kappa shape index (κ1) is 36.6. The van der Waals surface area contributed by atoms with Gasteiger partial charge in [-0.2, -0.15) is 11.8 Å². The highest BCUT2D eigenvalue weighted by molar-refractivity contribution is 7.98. The van der Waals surface area contributed by atoms with Gasteiger partial charge >= 0.3 is 5.97 Å². The number of aryl methyl sites for hydroxylation is 1. The zero-order chi connectivity index (χ0) is 32.8. The third-order valence-corrected chi connectivity index (χ3v) is 9.27. The van der Waals surface area contributed by atoms with Crippen molar-refractivity contribution < 1.29 is 24.2 Å². The van der Waals surface area contributed by atoms with Crippen molar-refractivity contribution in [2.24, 2.45) is 5.92 Å². The molecule has 2 aliphatic rings. The lowest BCUT2D eigenvalue weighted by molar-refractivity contribution is -0.139. The molecule has 7 nitrogen and oxygen atoms in total. The van der Waals surface area contributed by atoms with Crippen LogP contribution in [0.5, 0.6) is 0 Å². The minimum absolute atomic E-state index is 0.342. The number of hydrogen-bond donors (Lipinski definition) is 2. The number of hydrogen-bond acceptors (Lipinski definition) is 6. The largest absolute Gasteiger partial charge is 0.480 e. The minimum Gasteiger partial charge on any atom is -0.480 e. The van der Waals surface area contributed by atoms with E-state index in [1.54, 1.807) is 26.0 Å². The molecular formula is C37H52N2O5S. The zero-order valence-electron chi connectivity index (χ0n) is 27.9. The van der Waals surface area contributed by atoms with E-state index in [1.165, 1.54) is 5.57 Å². The van der Waals surface area contributed by atoms with Gasteiger partial charge in [-0.3, -0.25) is 9.69 Å². The van der Waals surface area contributed by atoms with Crippen molar-refractivity contribution >= 4 is 23.6 Å². The third-order valence-electron chi connectivity index (χ3n) is 8.62. The van der Waals surface area contributed by atoms with Gasteiger partial charge in [0.05, 0.1) is 6.61 Å². The molecule has 1 aliphatic carbocycles. The first-order chi connectivity index (χ1) is 21.7. The summed E-state index contributed by atoms with van der Waals surface area (Å²) in [6.07, 6.45) is 13.7. The number of methoxy groups -OCH3 is 2. The van der Waals surface area contributed by atoms with Crippen molar-refractivity contribution in [3.63, 3.8) is 0 Å². The van der Waals surface area contributed by atoms with Crippen molar-refractivity contribution in [2.75, 3.05) is 39.4 Å². The Kier molecular flexibility index (Phi) is 15.4. The van der Waals surface area contributed by atoms with Gasteiger partial charge in [0.2, 0.25) is 0 Å². The third kappa shape index (κ3) is 10.8. The lowest BCUT2D eigenvalue weighted by atomic mass is 9.92. The maximum absolute atomic E-state index is 13.5. The summed E-state index contributed by atoms with van der Waals surface area (Å²) in [5, 5.41) is 12.5. The van der Waals surface area contributed by atoms with Gasteiger partial charge in [-0.15, -0.1) is 0 Å². The van der Waals surface area contributed by atoms with Crippen LogP contribution in [-0.4, -0.2) is 79.5 Å². The number of likely N-dealkylation sites (tertiary alicyclic amines) is 1. The quantitative estimate of drug-likeness (QED) is 0.228. The smallest absolute Gasteiger partial charge is 0.326 e. The highest BCUT2D eigenvalue weighted by Gasteiger charge is 2.34. The van der Waals surface area contributed by atoms with Gasteiger partial charge in [0.1, 0.15) is 6.04 Å².